The molecule has 2 saturated heterocycles. The second kappa shape index (κ2) is 4.65. The summed E-state index contributed by atoms with van der Waals surface area (Å²) in [5, 5.41) is 10.9. The summed E-state index contributed by atoms with van der Waals surface area (Å²) in [6.45, 7) is 3.90. The van der Waals surface area contributed by atoms with E-state index in [2.05, 4.69) is 14.8 Å². The van der Waals surface area contributed by atoms with E-state index < -0.39 is 4.92 Å². The fourth-order valence-electron chi connectivity index (χ4n) is 2.99. The van der Waals surface area contributed by atoms with Gasteiger partial charge in [0.05, 0.1) is 17.1 Å². The second-order valence-corrected chi connectivity index (χ2v) is 5.14. The molecule has 3 heterocycles. The lowest BCUT2D eigenvalue weighted by Gasteiger charge is -2.38. The maximum absolute atomic E-state index is 10.9. The number of nitrogens with zero attached hydrogens (tertiary/aromatic N) is 4. The number of aromatic nitrogens is 1. The molecule has 7 heteroatoms. The third-order valence-electron chi connectivity index (χ3n) is 3.94. The molecule has 0 aromatic carbocycles. The number of rotatable bonds is 2. The maximum atomic E-state index is 10.9. The van der Waals surface area contributed by atoms with Crippen LogP contribution in [0.4, 0.5) is 17.3 Å². The minimum Gasteiger partial charge on any atom is -0.383 e. The maximum Gasteiger partial charge on any atom is 0.276 e. The first-order valence-corrected chi connectivity index (χ1v) is 6.54. The van der Waals surface area contributed by atoms with Crippen molar-refractivity contribution in [2.45, 2.75) is 18.9 Å². The Kier molecular flexibility index (Phi) is 2.98. The van der Waals surface area contributed by atoms with Crippen molar-refractivity contribution >= 4 is 17.3 Å². The third kappa shape index (κ3) is 2.33. The number of nitrogens with two attached hydrogens (primary N) is 1. The van der Waals surface area contributed by atoms with Gasteiger partial charge in [0.25, 0.3) is 5.69 Å². The van der Waals surface area contributed by atoms with Crippen molar-refractivity contribution in [2.24, 2.45) is 0 Å². The lowest BCUT2D eigenvalue weighted by Crippen LogP contribution is -2.50. The van der Waals surface area contributed by atoms with Crippen molar-refractivity contribution in [3.8, 4) is 0 Å². The lowest BCUT2D eigenvalue weighted by atomic mass is 10.1. The van der Waals surface area contributed by atoms with Crippen LogP contribution in [0.1, 0.15) is 12.8 Å². The molecule has 7 nitrogen and oxygen atoms in total. The molecule has 2 N–H and O–H groups in total. The molecule has 0 spiro atoms. The van der Waals surface area contributed by atoms with E-state index in [9.17, 15) is 10.1 Å². The summed E-state index contributed by atoms with van der Waals surface area (Å²) in [5.74, 6) is 0.830. The molecule has 1 aromatic heterocycles. The first kappa shape index (κ1) is 12.2. The van der Waals surface area contributed by atoms with Gasteiger partial charge in [0.1, 0.15) is 11.6 Å². The topological polar surface area (TPSA) is 88.5 Å². The molecule has 0 radical (unpaired) electrons. The van der Waals surface area contributed by atoms with Crippen molar-refractivity contribution in [1.82, 2.24) is 9.88 Å². The van der Waals surface area contributed by atoms with Gasteiger partial charge < -0.3 is 10.6 Å². The van der Waals surface area contributed by atoms with Crippen LogP contribution in [0.15, 0.2) is 12.1 Å². The van der Waals surface area contributed by atoms with Crippen LogP contribution in [0.25, 0.3) is 0 Å². The van der Waals surface area contributed by atoms with Crippen molar-refractivity contribution in [3.63, 3.8) is 0 Å². The first-order valence-electron chi connectivity index (χ1n) is 6.54. The number of pyridine rings is 1. The van der Waals surface area contributed by atoms with Gasteiger partial charge >= 0.3 is 0 Å². The normalized spacial score (nSPS) is 23.4. The minimum absolute atomic E-state index is 0.0105. The number of nitrogen functional groups attached to an aromatic ring is 1. The molecule has 2 aliphatic rings. The Bertz CT molecular complexity index is 507. The van der Waals surface area contributed by atoms with Crippen LogP contribution in [0.3, 0.4) is 0 Å². The Balaban J connectivity index is 1.83. The molecule has 1 aromatic rings. The fraction of sp³-hybridized carbons (Fsp3) is 0.583. The van der Waals surface area contributed by atoms with Crippen LogP contribution in [0.5, 0.6) is 0 Å². The van der Waals surface area contributed by atoms with Gasteiger partial charge in [-0.2, -0.15) is 0 Å². The van der Waals surface area contributed by atoms with Crippen LogP contribution >= 0.6 is 0 Å². The lowest BCUT2D eigenvalue weighted by molar-refractivity contribution is -0.384. The second-order valence-electron chi connectivity index (χ2n) is 5.14. The Morgan fingerprint density at radius 2 is 2.21 bits per heavy atom. The van der Waals surface area contributed by atoms with Crippen LogP contribution in [0, 0.1) is 10.1 Å². The molecule has 1 atom stereocenters. The number of hydrogen-bond donors (Lipinski definition) is 1. The van der Waals surface area contributed by atoms with Crippen LogP contribution in [0.2, 0.25) is 0 Å². The number of piperazine rings is 1. The minimum atomic E-state index is -0.423. The highest BCUT2D eigenvalue weighted by Crippen LogP contribution is 2.27. The standard InChI is InChI=1S/C12H17N5O2/c13-11-6-10(17(18)19)7-12(14-11)16-5-4-15-3-1-2-9(15)8-16/h6-7,9H,1-5,8H2,(H2,13,14). The molecule has 0 amide bonds. The molecular weight excluding hydrogens is 246 g/mol. The van der Waals surface area contributed by atoms with Crippen molar-refractivity contribution in [3.05, 3.63) is 22.2 Å². The van der Waals surface area contributed by atoms with Crippen molar-refractivity contribution < 1.29 is 4.92 Å². The SMILES string of the molecule is Nc1cc([N+](=O)[O-])cc(N2CCN3CCCC3C2)n1. The summed E-state index contributed by atoms with van der Waals surface area (Å²) in [6, 6.07) is 3.37. The molecule has 0 saturated carbocycles. The first-order chi connectivity index (χ1) is 9.13. The summed E-state index contributed by atoms with van der Waals surface area (Å²) in [7, 11) is 0. The predicted molar refractivity (Wildman–Crippen MR) is 72.1 cm³/mol. The zero-order valence-corrected chi connectivity index (χ0v) is 10.7. The zero-order valence-electron chi connectivity index (χ0n) is 10.7. The summed E-state index contributed by atoms with van der Waals surface area (Å²) in [6.07, 6.45) is 2.43. The van der Waals surface area contributed by atoms with E-state index in [0.717, 1.165) is 19.6 Å². The number of hydrogen-bond acceptors (Lipinski definition) is 6. The third-order valence-corrected chi connectivity index (χ3v) is 3.94. The van der Waals surface area contributed by atoms with E-state index in [1.807, 2.05) is 0 Å². The molecule has 102 valence electrons. The smallest absolute Gasteiger partial charge is 0.276 e. The predicted octanol–water partition coefficient (Wildman–Crippen LogP) is 0.856. The van der Waals surface area contributed by atoms with Gasteiger partial charge in [0.2, 0.25) is 0 Å². The average Bonchev–Trinajstić information content (AvgIpc) is 2.85. The van der Waals surface area contributed by atoms with Gasteiger partial charge in [-0.15, -0.1) is 0 Å². The van der Waals surface area contributed by atoms with Gasteiger partial charge in [0.15, 0.2) is 0 Å². The van der Waals surface area contributed by atoms with Crippen molar-refractivity contribution in [1.29, 1.82) is 0 Å². The van der Waals surface area contributed by atoms with E-state index in [-0.39, 0.29) is 11.5 Å². The molecule has 0 aliphatic carbocycles. The molecule has 1 unspecified atom stereocenters. The monoisotopic (exact) mass is 263 g/mol. The average molecular weight is 263 g/mol. The van der Waals surface area contributed by atoms with Gasteiger partial charge in [-0.05, 0) is 19.4 Å². The van der Waals surface area contributed by atoms with Crippen molar-refractivity contribution in [2.75, 3.05) is 36.8 Å². The quantitative estimate of drug-likeness (QED) is 0.628. The summed E-state index contributed by atoms with van der Waals surface area (Å²) < 4.78 is 0. The highest BCUT2D eigenvalue weighted by molar-refractivity contribution is 5.54. The van der Waals surface area contributed by atoms with Crippen LogP contribution in [-0.4, -0.2) is 47.0 Å². The highest BCUT2D eigenvalue weighted by atomic mass is 16.6. The Labute approximate surface area is 111 Å². The Morgan fingerprint density at radius 1 is 1.37 bits per heavy atom. The zero-order chi connectivity index (χ0) is 13.4. The van der Waals surface area contributed by atoms with Gasteiger partial charge in [-0.3, -0.25) is 15.0 Å². The van der Waals surface area contributed by atoms with E-state index in [4.69, 9.17) is 5.73 Å². The molecule has 19 heavy (non-hydrogen) atoms. The van der Waals surface area contributed by atoms with Crippen LogP contribution in [-0.2, 0) is 0 Å². The Hall–Kier alpha value is -1.89. The molecule has 2 aliphatic heterocycles. The van der Waals surface area contributed by atoms with E-state index in [1.165, 1.54) is 31.5 Å². The fourth-order valence-corrected chi connectivity index (χ4v) is 2.99. The molecule has 0 bridgehead atoms. The summed E-state index contributed by atoms with van der Waals surface area (Å²) in [5.41, 5.74) is 5.67. The highest BCUT2D eigenvalue weighted by Gasteiger charge is 2.31. The molecular formula is C12H17N5O2. The van der Waals surface area contributed by atoms with Gasteiger partial charge in [0, 0.05) is 25.7 Å². The van der Waals surface area contributed by atoms with E-state index >= 15 is 0 Å². The number of nitro groups is 1. The van der Waals surface area contributed by atoms with E-state index in [1.54, 1.807) is 0 Å². The largest absolute Gasteiger partial charge is 0.383 e. The summed E-state index contributed by atoms with van der Waals surface area (Å²) >= 11 is 0. The van der Waals surface area contributed by atoms with E-state index in [0.29, 0.717) is 11.9 Å². The molecule has 2 fully saturated rings. The Morgan fingerprint density at radius 3 is 3.00 bits per heavy atom. The van der Waals surface area contributed by atoms with Gasteiger partial charge in [-0.1, -0.05) is 0 Å². The summed E-state index contributed by atoms with van der Waals surface area (Å²) in [4.78, 5) is 19.3. The van der Waals surface area contributed by atoms with Crippen LogP contribution < -0.4 is 10.6 Å². The van der Waals surface area contributed by atoms with Gasteiger partial charge in [-0.25, -0.2) is 4.98 Å². The number of fused-ring (bicyclic) bond motifs is 1. The number of anilines is 2. The molecule has 3 rings (SSSR count).